The molecule has 9 nitrogen and oxygen atoms in total. The fourth-order valence-corrected chi connectivity index (χ4v) is 3.80. The SMILES string of the molecule is C=C(COC(=O)NC)OC(=O)NC1CC(C)(C)CC(C)(CNC(=O)OC)C1. The van der Waals surface area contributed by atoms with Crippen LogP contribution in [0.25, 0.3) is 0 Å². The van der Waals surface area contributed by atoms with E-state index in [1.165, 1.54) is 14.2 Å². The molecule has 0 aromatic carbocycles. The van der Waals surface area contributed by atoms with Gasteiger partial charge in [0.15, 0.2) is 6.61 Å². The fourth-order valence-electron chi connectivity index (χ4n) is 3.80. The second kappa shape index (κ2) is 9.48. The molecule has 154 valence electrons. The van der Waals surface area contributed by atoms with E-state index in [1.54, 1.807) is 0 Å². The van der Waals surface area contributed by atoms with Crippen molar-refractivity contribution in [3.63, 3.8) is 0 Å². The summed E-state index contributed by atoms with van der Waals surface area (Å²) in [4.78, 5) is 34.6. The van der Waals surface area contributed by atoms with Gasteiger partial charge in [-0.2, -0.15) is 0 Å². The molecule has 2 unspecified atom stereocenters. The number of carbonyl (C=O) groups is 3. The highest BCUT2D eigenvalue weighted by Crippen LogP contribution is 2.45. The lowest BCUT2D eigenvalue weighted by Crippen LogP contribution is -2.50. The average Bonchev–Trinajstić information content (AvgIpc) is 2.55. The minimum Gasteiger partial charge on any atom is -0.453 e. The average molecular weight is 385 g/mol. The van der Waals surface area contributed by atoms with Gasteiger partial charge in [0.05, 0.1) is 7.11 Å². The predicted octanol–water partition coefficient (Wildman–Crippen LogP) is 2.52. The molecule has 3 N–H and O–H groups in total. The van der Waals surface area contributed by atoms with Crippen LogP contribution in [0.1, 0.15) is 40.0 Å². The van der Waals surface area contributed by atoms with Crippen LogP contribution < -0.4 is 16.0 Å². The first-order chi connectivity index (χ1) is 12.5. The van der Waals surface area contributed by atoms with Gasteiger partial charge in [-0.25, -0.2) is 14.4 Å². The summed E-state index contributed by atoms with van der Waals surface area (Å²) >= 11 is 0. The maximum Gasteiger partial charge on any atom is 0.412 e. The second-order valence-corrected chi connectivity index (χ2v) is 8.00. The molecule has 2 atom stereocenters. The smallest absolute Gasteiger partial charge is 0.412 e. The highest BCUT2D eigenvalue weighted by molar-refractivity contribution is 5.69. The summed E-state index contributed by atoms with van der Waals surface area (Å²) in [6.07, 6.45) is 0.586. The molecule has 0 radical (unpaired) electrons. The molecule has 0 saturated heterocycles. The van der Waals surface area contributed by atoms with Gasteiger partial charge >= 0.3 is 18.3 Å². The molecule has 1 fully saturated rings. The molecule has 1 aliphatic carbocycles. The highest BCUT2D eigenvalue weighted by Gasteiger charge is 2.42. The summed E-state index contributed by atoms with van der Waals surface area (Å²) in [7, 11) is 2.75. The lowest BCUT2D eigenvalue weighted by Gasteiger charge is -2.46. The van der Waals surface area contributed by atoms with Crippen molar-refractivity contribution in [1.29, 1.82) is 0 Å². The van der Waals surface area contributed by atoms with Gasteiger partial charge in [-0.05, 0) is 30.1 Å². The first kappa shape index (κ1) is 22.6. The van der Waals surface area contributed by atoms with E-state index < -0.39 is 18.3 Å². The summed E-state index contributed by atoms with van der Waals surface area (Å²) in [5.74, 6) is 0.0290. The van der Waals surface area contributed by atoms with Crippen molar-refractivity contribution in [1.82, 2.24) is 16.0 Å². The number of rotatable bonds is 6. The zero-order chi connectivity index (χ0) is 20.7. The van der Waals surface area contributed by atoms with Crippen LogP contribution in [0.5, 0.6) is 0 Å². The van der Waals surface area contributed by atoms with Crippen LogP contribution >= 0.6 is 0 Å². The standard InChI is InChI=1S/C18H31N3O6/c1-12(9-26-14(22)19-5)27-16(24)21-13-7-17(2,3)10-18(4,8-13)11-20-15(23)25-6/h13H,1,7-11H2,2-6H3,(H,19,22)(H,20,23)(H,21,24). The lowest BCUT2D eigenvalue weighted by molar-refractivity contribution is 0.0653. The first-order valence-electron chi connectivity index (χ1n) is 8.81. The number of nitrogens with one attached hydrogen (secondary N) is 3. The summed E-state index contributed by atoms with van der Waals surface area (Å²) in [5, 5.41) is 7.87. The molecular weight excluding hydrogens is 354 g/mol. The van der Waals surface area contributed by atoms with Crippen molar-refractivity contribution in [2.24, 2.45) is 10.8 Å². The molecule has 0 spiro atoms. The molecule has 1 saturated carbocycles. The molecule has 1 rings (SSSR count). The number of ether oxygens (including phenoxy) is 3. The van der Waals surface area contributed by atoms with Crippen LogP contribution in [-0.4, -0.2) is 51.6 Å². The molecule has 0 heterocycles. The van der Waals surface area contributed by atoms with Crippen LogP contribution in [0.15, 0.2) is 12.3 Å². The molecule has 0 bridgehead atoms. The van der Waals surface area contributed by atoms with Crippen molar-refractivity contribution in [3.8, 4) is 0 Å². The highest BCUT2D eigenvalue weighted by atomic mass is 16.6. The summed E-state index contributed by atoms with van der Waals surface area (Å²) in [5.41, 5.74) is -0.227. The zero-order valence-corrected chi connectivity index (χ0v) is 16.8. The number of hydrogen-bond acceptors (Lipinski definition) is 6. The molecule has 27 heavy (non-hydrogen) atoms. The predicted molar refractivity (Wildman–Crippen MR) is 99.1 cm³/mol. The van der Waals surface area contributed by atoms with Gasteiger partial charge in [0.1, 0.15) is 5.76 Å². The maximum atomic E-state index is 12.1. The van der Waals surface area contributed by atoms with Crippen LogP contribution in [-0.2, 0) is 14.2 Å². The van der Waals surface area contributed by atoms with Crippen LogP contribution in [0.4, 0.5) is 14.4 Å². The number of alkyl carbamates (subject to hydrolysis) is 3. The largest absolute Gasteiger partial charge is 0.453 e. The van der Waals surface area contributed by atoms with Crippen molar-refractivity contribution in [2.75, 3.05) is 27.3 Å². The van der Waals surface area contributed by atoms with Gasteiger partial charge < -0.3 is 30.2 Å². The Kier molecular flexibility index (Phi) is 7.93. The van der Waals surface area contributed by atoms with Crippen LogP contribution in [0.2, 0.25) is 0 Å². The first-order valence-corrected chi connectivity index (χ1v) is 8.81. The minimum atomic E-state index is -0.647. The Morgan fingerprint density at radius 2 is 1.78 bits per heavy atom. The van der Waals surface area contributed by atoms with Crippen LogP contribution in [0.3, 0.4) is 0 Å². The Balaban J connectivity index is 2.59. The third kappa shape index (κ3) is 8.19. The van der Waals surface area contributed by atoms with Gasteiger partial charge in [-0.15, -0.1) is 0 Å². The Hall–Kier alpha value is -2.45. The molecular formula is C18H31N3O6. The quantitative estimate of drug-likeness (QED) is 0.478. The zero-order valence-electron chi connectivity index (χ0n) is 16.8. The Morgan fingerprint density at radius 3 is 2.37 bits per heavy atom. The Morgan fingerprint density at radius 1 is 1.11 bits per heavy atom. The van der Waals surface area contributed by atoms with E-state index in [-0.39, 0.29) is 29.2 Å². The Bertz CT molecular complexity index is 577. The molecule has 3 amide bonds. The normalized spacial score (nSPS) is 23.5. The number of amides is 3. The van der Waals surface area contributed by atoms with E-state index >= 15 is 0 Å². The van der Waals surface area contributed by atoms with E-state index in [1.807, 2.05) is 0 Å². The van der Waals surface area contributed by atoms with Crippen LogP contribution in [0, 0.1) is 10.8 Å². The summed E-state index contributed by atoms with van der Waals surface area (Å²) in [6.45, 7) is 10.1. The van der Waals surface area contributed by atoms with E-state index in [9.17, 15) is 14.4 Å². The van der Waals surface area contributed by atoms with E-state index in [2.05, 4.69) is 48.0 Å². The summed E-state index contributed by atoms with van der Waals surface area (Å²) in [6, 6.07) is -0.127. The molecule has 0 aliphatic heterocycles. The van der Waals surface area contributed by atoms with E-state index in [4.69, 9.17) is 9.47 Å². The molecule has 0 aromatic heterocycles. The van der Waals surface area contributed by atoms with Gasteiger partial charge in [0, 0.05) is 19.6 Å². The number of methoxy groups -OCH3 is 1. The second-order valence-electron chi connectivity index (χ2n) is 8.00. The third-order valence-corrected chi connectivity index (χ3v) is 4.42. The third-order valence-electron chi connectivity index (χ3n) is 4.42. The number of carbonyl (C=O) groups excluding carboxylic acids is 3. The van der Waals surface area contributed by atoms with Gasteiger partial charge in [-0.3, -0.25) is 0 Å². The topological polar surface area (TPSA) is 115 Å². The lowest BCUT2D eigenvalue weighted by atomic mass is 9.62. The molecule has 1 aliphatic rings. The minimum absolute atomic E-state index is 0.0257. The van der Waals surface area contributed by atoms with Crippen molar-refractivity contribution >= 4 is 18.3 Å². The maximum absolute atomic E-state index is 12.1. The van der Waals surface area contributed by atoms with Gasteiger partial charge in [0.25, 0.3) is 0 Å². The van der Waals surface area contributed by atoms with Crippen molar-refractivity contribution in [3.05, 3.63) is 12.3 Å². The van der Waals surface area contributed by atoms with Gasteiger partial charge in [-0.1, -0.05) is 27.4 Å². The summed E-state index contributed by atoms with van der Waals surface area (Å²) < 4.78 is 14.5. The van der Waals surface area contributed by atoms with Crippen molar-refractivity contribution in [2.45, 2.75) is 46.1 Å². The van der Waals surface area contributed by atoms with Gasteiger partial charge in [0.2, 0.25) is 0 Å². The molecule has 9 heteroatoms. The van der Waals surface area contributed by atoms with E-state index in [0.717, 1.165) is 12.8 Å². The Labute approximate surface area is 160 Å². The monoisotopic (exact) mass is 385 g/mol. The number of hydrogen-bond donors (Lipinski definition) is 3. The van der Waals surface area contributed by atoms with E-state index in [0.29, 0.717) is 13.0 Å². The van der Waals surface area contributed by atoms with Crippen molar-refractivity contribution < 1.29 is 28.6 Å². The fraction of sp³-hybridized carbons (Fsp3) is 0.722. The molecule has 0 aromatic rings.